The lowest BCUT2D eigenvalue weighted by atomic mass is 10.2. The van der Waals surface area contributed by atoms with E-state index in [4.69, 9.17) is 4.84 Å². The zero-order chi connectivity index (χ0) is 12.1. The van der Waals surface area contributed by atoms with Gasteiger partial charge in [-0.2, -0.15) is 5.10 Å². The fraction of sp³-hybridized carbons (Fsp3) is 0.636. The van der Waals surface area contributed by atoms with Crippen LogP contribution < -0.4 is 0 Å². The summed E-state index contributed by atoms with van der Waals surface area (Å²) in [5.41, 5.74) is 1.96. The van der Waals surface area contributed by atoms with Crippen molar-refractivity contribution in [3.8, 4) is 0 Å². The van der Waals surface area contributed by atoms with Gasteiger partial charge in [0.05, 0.1) is 19.2 Å². The summed E-state index contributed by atoms with van der Waals surface area (Å²) in [5.74, 6) is -0.0918. The first-order chi connectivity index (χ1) is 7.62. The van der Waals surface area contributed by atoms with Crippen LogP contribution in [0.25, 0.3) is 0 Å². The average molecular weight is 225 g/mol. The van der Waals surface area contributed by atoms with Crippen molar-refractivity contribution >= 4 is 5.91 Å². The molecule has 1 heterocycles. The minimum Gasteiger partial charge on any atom is -0.275 e. The zero-order valence-corrected chi connectivity index (χ0v) is 10.4. The number of hydrogen-bond donors (Lipinski definition) is 0. The Bertz CT molecular complexity index is 339. The highest BCUT2D eigenvalue weighted by Gasteiger charge is 2.12. The van der Waals surface area contributed by atoms with Crippen molar-refractivity contribution in [3.63, 3.8) is 0 Å². The molecule has 5 nitrogen and oxygen atoms in total. The summed E-state index contributed by atoms with van der Waals surface area (Å²) >= 11 is 0. The zero-order valence-electron chi connectivity index (χ0n) is 10.4. The van der Waals surface area contributed by atoms with E-state index in [9.17, 15) is 4.79 Å². The van der Waals surface area contributed by atoms with Gasteiger partial charge in [-0.25, -0.2) is 5.06 Å². The molecule has 0 saturated carbocycles. The van der Waals surface area contributed by atoms with Crippen LogP contribution in [0.5, 0.6) is 0 Å². The smallest absolute Gasteiger partial charge is 0.251 e. The second-order valence-electron chi connectivity index (χ2n) is 3.55. The van der Waals surface area contributed by atoms with E-state index in [1.807, 2.05) is 17.7 Å². The number of hydrogen-bond acceptors (Lipinski definition) is 3. The summed E-state index contributed by atoms with van der Waals surface area (Å²) in [6.07, 6.45) is 1.21. The molecule has 0 radical (unpaired) electrons. The van der Waals surface area contributed by atoms with Crippen molar-refractivity contribution in [2.45, 2.75) is 33.2 Å². The molecule has 1 aromatic heterocycles. The van der Waals surface area contributed by atoms with Crippen LogP contribution in [-0.2, 0) is 29.0 Å². The topological polar surface area (TPSA) is 47.4 Å². The number of rotatable bonds is 5. The molecule has 0 unspecified atom stereocenters. The molecule has 0 bridgehead atoms. The van der Waals surface area contributed by atoms with Gasteiger partial charge in [0.15, 0.2) is 0 Å². The van der Waals surface area contributed by atoms with E-state index >= 15 is 0 Å². The summed E-state index contributed by atoms with van der Waals surface area (Å²) in [6.45, 7) is 4.95. The molecule has 0 aromatic carbocycles. The molecule has 0 saturated heterocycles. The van der Waals surface area contributed by atoms with E-state index in [0.29, 0.717) is 0 Å². The van der Waals surface area contributed by atoms with Gasteiger partial charge >= 0.3 is 0 Å². The predicted octanol–water partition coefficient (Wildman–Crippen LogP) is 1.03. The molecular weight excluding hydrogens is 206 g/mol. The summed E-state index contributed by atoms with van der Waals surface area (Å²) in [5, 5.41) is 5.59. The van der Waals surface area contributed by atoms with Crippen LogP contribution in [0.15, 0.2) is 6.07 Å². The van der Waals surface area contributed by atoms with Crippen molar-refractivity contribution in [1.29, 1.82) is 0 Å². The number of amides is 1. The monoisotopic (exact) mass is 225 g/mol. The summed E-state index contributed by atoms with van der Waals surface area (Å²) in [4.78, 5) is 16.4. The minimum atomic E-state index is -0.0918. The molecule has 90 valence electrons. The third-order valence-electron chi connectivity index (χ3n) is 2.53. The van der Waals surface area contributed by atoms with Gasteiger partial charge in [-0.3, -0.25) is 14.3 Å². The SMILES string of the molecule is CCc1cc(CC(=O)N(C)OC)nn1CC. The average Bonchev–Trinajstić information content (AvgIpc) is 2.69. The Labute approximate surface area is 95.9 Å². The molecule has 0 N–H and O–H groups in total. The molecule has 1 amide bonds. The first-order valence-electron chi connectivity index (χ1n) is 5.48. The maximum absolute atomic E-state index is 11.6. The number of aryl methyl sites for hydroxylation is 2. The molecule has 1 aromatic rings. The van der Waals surface area contributed by atoms with Gasteiger partial charge in [0.2, 0.25) is 0 Å². The quantitative estimate of drug-likeness (QED) is 0.703. The summed E-state index contributed by atoms with van der Waals surface area (Å²) in [6, 6.07) is 1.98. The highest BCUT2D eigenvalue weighted by Crippen LogP contribution is 2.07. The Hall–Kier alpha value is -1.36. The van der Waals surface area contributed by atoms with Gasteiger partial charge in [0, 0.05) is 19.3 Å². The lowest BCUT2D eigenvalue weighted by Crippen LogP contribution is -2.27. The molecule has 1 rings (SSSR count). The van der Waals surface area contributed by atoms with Crippen molar-refractivity contribution in [2.24, 2.45) is 0 Å². The number of aromatic nitrogens is 2. The van der Waals surface area contributed by atoms with Crippen LogP contribution in [0.2, 0.25) is 0 Å². The number of carbonyl (C=O) groups is 1. The number of likely N-dealkylation sites (N-methyl/N-ethyl adjacent to an activating group) is 1. The number of carbonyl (C=O) groups excluding carboxylic acids is 1. The van der Waals surface area contributed by atoms with Crippen LogP contribution in [0.1, 0.15) is 25.2 Å². The molecular formula is C11H19N3O2. The van der Waals surface area contributed by atoms with E-state index in [2.05, 4.69) is 12.0 Å². The summed E-state index contributed by atoms with van der Waals surface area (Å²) < 4.78 is 1.93. The predicted molar refractivity (Wildman–Crippen MR) is 60.8 cm³/mol. The minimum absolute atomic E-state index is 0.0918. The van der Waals surface area contributed by atoms with E-state index < -0.39 is 0 Å². The van der Waals surface area contributed by atoms with Gasteiger partial charge < -0.3 is 0 Å². The van der Waals surface area contributed by atoms with E-state index in [1.54, 1.807) is 7.05 Å². The van der Waals surface area contributed by atoms with Crippen molar-refractivity contribution < 1.29 is 9.63 Å². The van der Waals surface area contributed by atoms with Gasteiger partial charge in [0.1, 0.15) is 0 Å². The van der Waals surface area contributed by atoms with Crippen molar-refractivity contribution in [1.82, 2.24) is 14.8 Å². The van der Waals surface area contributed by atoms with Gasteiger partial charge in [-0.15, -0.1) is 0 Å². The van der Waals surface area contributed by atoms with Gasteiger partial charge in [-0.05, 0) is 19.4 Å². The number of hydroxylamine groups is 2. The largest absolute Gasteiger partial charge is 0.275 e. The normalized spacial score (nSPS) is 10.5. The maximum Gasteiger partial charge on any atom is 0.251 e. The van der Waals surface area contributed by atoms with Crippen LogP contribution in [0.3, 0.4) is 0 Å². The summed E-state index contributed by atoms with van der Waals surface area (Å²) in [7, 11) is 3.07. The molecule has 0 aliphatic carbocycles. The maximum atomic E-state index is 11.6. The Morgan fingerprint density at radius 1 is 1.56 bits per heavy atom. The lowest BCUT2D eigenvalue weighted by molar-refractivity contribution is -0.167. The molecule has 16 heavy (non-hydrogen) atoms. The van der Waals surface area contributed by atoms with E-state index in [0.717, 1.165) is 24.4 Å². The second-order valence-corrected chi connectivity index (χ2v) is 3.55. The third kappa shape index (κ3) is 2.82. The van der Waals surface area contributed by atoms with Gasteiger partial charge in [-0.1, -0.05) is 6.92 Å². The van der Waals surface area contributed by atoms with Crippen LogP contribution >= 0.6 is 0 Å². The van der Waals surface area contributed by atoms with Crippen molar-refractivity contribution in [2.75, 3.05) is 14.2 Å². The second kappa shape index (κ2) is 5.65. The third-order valence-corrected chi connectivity index (χ3v) is 2.53. The fourth-order valence-corrected chi connectivity index (χ4v) is 1.53. The molecule has 0 aliphatic rings. The first kappa shape index (κ1) is 12.7. The molecule has 0 spiro atoms. The first-order valence-corrected chi connectivity index (χ1v) is 5.48. The molecule has 0 fully saturated rings. The highest BCUT2D eigenvalue weighted by molar-refractivity contribution is 5.77. The Balaban J connectivity index is 2.74. The molecule has 0 aliphatic heterocycles. The fourth-order valence-electron chi connectivity index (χ4n) is 1.53. The van der Waals surface area contributed by atoms with Crippen LogP contribution in [0, 0.1) is 0 Å². The van der Waals surface area contributed by atoms with Crippen LogP contribution in [0.4, 0.5) is 0 Å². The Morgan fingerprint density at radius 3 is 2.69 bits per heavy atom. The molecule has 5 heteroatoms. The van der Waals surface area contributed by atoms with E-state index in [1.165, 1.54) is 12.2 Å². The van der Waals surface area contributed by atoms with E-state index in [-0.39, 0.29) is 12.3 Å². The Kier molecular flexibility index (Phi) is 4.49. The molecule has 0 atom stereocenters. The highest BCUT2D eigenvalue weighted by atomic mass is 16.7. The Morgan fingerprint density at radius 2 is 2.25 bits per heavy atom. The van der Waals surface area contributed by atoms with Crippen LogP contribution in [-0.4, -0.2) is 34.9 Å². The van der Waals surface area contributed by atoms with Crippen molar-refractivity contribution in [3.05, 3.63) is 17.5 Å². The standard InChI is InChI=1S/C11H19N3O2/c1-5-10-7-9(12-14(10)6-2)8-11(15)13(3)16-4/h7H,5-6,8H2,1-4H3. The lowest BCUT2D eigenvalue weighted by Gasteiger charge is -2.12. The van der Waals surface area contributed by atoms with Gasteiger partial charge in [0.25, 0.3) is 5.91 Å². The number of nitrogens with zero attached hydrogens (tertiary/aromatic N) is 3.